The van der Waals surface area contributed by atoms with Crippen LogP contribution in [0.5, 0.6) is 0 Å². The Bertz CT molecular complexity index is 510. The summed E-state index contributed by atoms with van der Waals surface area (Å²) in [5.74, 6) is 0. The average molecular weight is 325 g/mol. The van der Waals surface area contributed by atoms with E-state index in [2.05, 4.69) is 56.7 Å². The van der Waals surface area contributed by atoms with Crippen LogP contribution in [-0.4, -0.2) is 11.5 Å². The molecule has 2 aromatic rings. The minimum atomic E-state index is 0.349. The average Bonchev–Trinajstić information content (AvgIpc) is 2.75. The van der Waals surface area contributed by atoms with Crippen molar-refractivity contribution >= 4 is 27.3 Å². The molecule has 4 heteroatoms. The van der Waals surface area contributed by atoms with Crippen LogP contribution in [0.15, 0.2) is 34.1 Å². The number of nitrogens with one attached hydrogen (secondary N) is 1. The third-order valence-electron chi connectivity index (χ3n) is 2.83. The molecule has 1 aromatic heterocycles. The first-order valence-electron chi connectivity index (χ1n) is 6.05. The number of aryl methyl sites for hydroxylation is 1. The summed E-state index contributed by atoms with van der Waals surface area (Å²) in [6, 6.07) is 8.69. The van der Waals surface area contributed by atoms with Crippen molar-refractivity contribution in [3.63, 3.8) is 0 Å². The highest BCUT2D eigenvalue weighted by atomic mass is 79.9. The number of rotatable bonds is 5. The van der Waals surface area contributed by atoms with Crippen molar-refractivity contribution in [3.05, 3.63) is 50.4 Å². The van der Waals surface area contributed by atoms with Gasteiger partial charge in [0.2, 0.25) is 0 Å². The van der Waals surface area contributed by atoms with Gasteiger partial charge in [0, 0.05) is 34.6 Å². The Labute approximate surface area is 121 Å². The number of aromatic nitrogens is 1. The van der Waals surface area contributed by atoms with Gasteiger partial charge in [0.25, 0.3) is 0 Å². The Kier molecular flexibility index (Phi) is 4.92. The van der Waals surface area contributed by atoms with Crippen molar-refractivity contribution in [1.29, 1.82) is 0 Å². The van der Waals surface area contributed by atoms with Gasteiger partial charge in [-0.15, -0.1) is 11.3 Å². The summed E-state index contributed by atoms with van der Waals surface area (Å²) >= 11 is 5.33. The molecule has 0 saturated carbocycles. The predicted octanol–water partition coefficient (Wildman–Crippen LogP) is 4.11. The van der Waals surface area contributed by atoms with Gasteiger partial charge in [-0.2, -0.15) is 0 Å². The number of hydrogen-bond acceptors (Lipinski definition) is 3. The molecule has 1 heterocycles. The van der Waals surface area contributed by atoms with Crippen molar-refractivity contribution in [2.24, 2.45) is 0 Å². The molecule has 0 aliphatic heterocycles. The van der Waals surface area contributed by atoms with Crippen molar-refractivity contribution in [2.75, 3.05) is 6.54 Å². The van der Waals surface area contributed by atoms with Gasteiger partial charge >= 0.3 is 0 Å². The molecule has 0 saturated heterocycles. The Morgan fingerprint density at radius 2 is 2.17 bits per heavy atom. The van der Waals surface area contributed by atoms with Crippen LogP contribution in [-0.2, 0) is 6.42 Å². The van der Waals surface area contributed by atoms with Gasteiger partial charge in [-0.25, -0.2) is 4.98 Å². The normalized spacial score (nSPS) is 12.6. The fourth-order valence-corrected chi connectivity index (χ4v) is 3.25. The molecule has 2 nitrogen and oxygen atoms in total. The highest BCUT2D eigenvalue weighted by Crippen LogP contribution is 2.22. The fourth-order valence-electron chi connectivity index (χ4n) is 1.85. The lowest BCUT2D eigenvalue weighted by Crippen LogP contribution is -2.21. The molecule has 0 bridgehead atoms. The minimum absolute atomic E-state index is 0.349. The summed E-state index contributed by atoms with van der Waals surface area (Å²) in [5.41, 5.74) is 2.42. The maximum atomic E-state index is 4.47. The predicted molar refractivity (Wildman–Crippen MR) is 81.1 cm³/mol. The fraction of sp³-hybridized carbons (Fsp3) is 0.357. The summed E-state index contributed by atoms with van der Waals surface area (Å²) < 4.78 is 1.16. The minimum Gasteiger partial charge on any atom is -0.310 e. The molecule has 0 fully saturated rings. The number of halogens is 1. The second-order valence-corrected chi connectivity index (χ2v) is 6.13. The number of benzene rings is 1. The molecule has 0 radical (unpaired) electrons. The van der Waals surface area contributed by atoms with E-state index in [1.807, 2.05) is 13.0 Å². The van der Waals surface area contributed by atoms with Gasteiger partial charge in [0.15, 0.2) is 0 Å². The van der Waals surface area contributed by atoms with Gasteiger partial charge in [0.1, 0.15) is 0 Å². The summed E-state index contributed by atoms with van der Waals surface area (Å²) in [7, 11) is 0. The third kappa shape index (κ3) is 3.64. The van der Waals surface area contributed by atoms with Crippen molar-refractivity contribution < 1.29 is 0 Å². The van der Waals surface area contributed by atoms with Gasteiger partial charge in [0.05, 0.1) is 5.01 Å². The molecule has 18 heavy (non-hydrogen) atoms. The van der Waals surface area contributed by atoms with E-state index in [0.29, 0.717) is 6.04 Å². The van der Waals surface area contributed by atoms with Crippen LogP contribution in [0.2, 0.25) is 0 Å². The SMILES string of the molecule is Cc1csc(CCNC(C)c2ccccc2Br)n1. The monoisotopic (exact) mass is 324 g/mol. The summed E-state index contributed by atoms with van der Waals surface area (Å²) in [5, 5.41) is 6.85. The van der Waals surface area contributed by atoms with Crippen molar-refractivity contribution in [3.8, 4) is 0 Å². The van der Waals surface area contributed by atoms with E-state index < -0.39 is 0 Å². The Balaban J connectivity index is 1.85. The molecule has 1 aromatic carbocycles. The maximum Gasteiger partial charge on any atom is 0.0940 e. The summed E-state index contributed by atoms with van der Waals surface area (Å²) in [4.78, 5) is 4.47. The van der Waals surface area contributed by atoms with Gasteiger partial charge < -0.3 is 5.32 Å². The van der Waals surface area contributed by atoms with Crippen molar-refractivity contribution in [1.82, 2.24) is 10.3 Å². The molecule has 1 N–H and O–H groups in total. The zero-order chi connectivity index (χ0) is 13.0. The lowest BCUT2D eigenvalue weighted by atomic mass is 10.1. The smallest absolute Gasteiger partial charge is 0.0940 e. The molecule has 1 atom stereocenters. The van der Waals surface area contributed by atoms with E-state index in [1.165, 1.54) is 10.6 Å². The molecule has 0 amide bonds. The van der Waals surface area contributed by atoms with E-state index >= 15 is 0 Å². The van der Waals surface area contributed by atoms with Gasteiger partial charge in [-0.1, -0.05) is 34.1 Å². The summed E-state index contributed by atoms with van der Waals surface area (Å²) in [6.07, 6.45) is 0.993. The lowest BCUT2D eigenvalue weighted by molar-refractivity contribution is 0.574. The van der Waals surface area contributed by atoms with Crippen LogP contribution in [0.3, 0.4) is 0 Å². The molecule has 0 aliphatic carbocycles. The zero-order valence-electron chi connectivity index (χ0n) is 10.6. The molecule has 1 unspecified atom stereocenters. The first kappa shape index (κ1) is 13.7. The lowest BCUT2D eigenvalue weighted by Gasteiger charge is -2.15. The number of thiazole rings is 1. The van der Waals surface area contributed by atoms with Gasteiger partial charge in [-0.3, -0.25) is 0 Å². The van der Waals surface area contributed by atoms with Crippen LogP contribution in [0, 0.1) is 6.92 Å². The van der Waals surface area contributed by atoms with Crippen molar-refractivity contribution in [2.45, 2.75) is 26.3 Å². The van der Waals surface area contributed by atoms with E-state index in [4.69, 9.17) is 0 Å². The first-order chi connectivity index (χ1) is 8.66. The number of hydrogen-bond donors (Lipinski definition) is 1. The maximum absolute atomic E-state index is 4.47. The van der Waals surface area contributed by atoms with Gasteiger partial charge in [-0.05, 0) is 25.5 Å². The highest BCUT2D eigenvalue weighted by molar-refractivity contribution is 9.10. The standard InChI is InChI=1S/C14H17BrN2S/c1-10-9-18-14(17-10)7-8-16-11(2)12-5-3-4-6-13(12)15/h3-6,9,11,16H,7-8H2,1-2H3. The van der Waals surface area contributed by atoms with E-state index in [9.17, 15) is 0 Å². The van der Waals surface area contributed by atoms with Crippen LogP contribution < -0.4 is 5.32 Å². The molecular weight excluding hydrogens is 308 g/mol. The third-order valence-corrected chi connectivity index (χ3v) is 4.58. The van der Waals surface area contributed by atoms with E-state index in [0.717, 1.165) is 23.1 Å². The van der Waals surface area contributed by atoms with Crippen LogP contribution in [0.25, 0.3) is 0 Å². The van der Waals surface area contributed by atoms with E-state index in [1.54, 1.807) is 11.3 Å². The quantitative estimate of drug-likeness (QED) is 0.895. The topological polar surface area (TPSA) is 24.9 Å². The second kappa shape index (κ2) is 6.45. The first-order valence-corrected chi connectivity index (χ1v) is 7.73. The van der Waals surface area contributed by atoms with Crippen LogP contribution in [0.1, 0.15) is 29.2 Å². The second-order valence-electron chi connectivity index (χ2n) is 4.33. The molecular formula is C14H17BrN2S. The zero-order valence-corrected chi connectivity index (χ0v) is 13.0. The largest absolute Gasteiger partial charge is 0.310 e. The van der Waals surface area contributed by atoms with Crippen LogP contribution in [0.4, 0.5) is 0 Å². The molecule has 2 rings (SSSR count). The Hall–Kier alpha value is -0.710. The Morgan fingerprint density at radius 3 is 2.83 bits per heavy atom. The van der Waals surface area contributed by atoms with Crippen LogP contribution >= 0.6 is 27.3 Å². The molecule has 0 aliphatic rings. The molecule has 0 spiro atoms. The Morgan fingerprint density at radius 1 is 1.39 bits per heavy atom. The molecule has 96 valence electrons. The van der Waals surface area contributed by atoms with E-state index in [-0.39, 0.29) is 0 Å². The number of nitrogens with zero attached hydrogens (tertiary/aromatic N) is 1. The highest BCUT2D eigenvalue weighted by Gasteiger charge is 2.08. The summed E-state index contributed by atoms with van der Waals surface area (Å²) in [6.45, 7) is 5.18.